The average Bonchev–Trinajstić information content (AvgIpc) is 2.29. The van der Waals surface area contributed by atoms with Crippen LogP contribution >= 0.6 is 0 Å². The molecule has 0 N–H and O–H groups in total. The highest BCUT2D eigenvalue weighted by atomic mass is 16.5. The Kier molecular flexibility index (Phi) is 5.34. The van der Waals surface area contributed by atoms with Crippen molar-refractivity contribution >= 4 is 5.97 Å². The molecule has 2 nitrogen and oxygen atoms in total. The third-order valence-electron chi connectivity index (χ3n) is 2.24. The summed E-state index contributed by atoms with van der Waals surface area (Å²) < 4.78 is 5.14. The lowest BCUT2D eigenvalue weighted by Crippen LogP contribution is -2.06. The minimum Gasteiger partial charge on any atom is -0.462 e. The molecule has 0 radical (unpaired) electrons. The van der Waals surface area contributed by atoms with Crippen molar-refractivity contribution in [3.8, 4) is 0 Å². The van der Waals surface area contributed by atoms with Gasteiger partial charge in [-0.25, -0.2) is 4.79 Å². The van der Waals surface area contributed by atoms with Crippen molar-refractivity contribution in [3.05, 3.63) is 48.0 Å². The Labute approximate surface area is 96.9 Å². The van der Waals surface area contributed by atoms with Gasteiger partial charge in [0.1, 0.15) is 0 Å². The molecular formula is C14H18O2. The van der Waals surface area contributed by atoms with Crippen LogP contribution in [0.2, 0.25) is 0 Å². The number of hydrogen-bond acceptors (Lipinski definition) is 2. The number of carbonyl (C=O) groups is 1. The summed E-state index contributed by atoms with van der Waals surface area (Å²) >= 11 is 0. The van der Waals surface area contributed by atoms with Gasteiger partial charge in [0.25, 0.3) is 0 Å². The zero-order valence-electron chi connectivity index (χ0n) is 9.74. The van der Waals surface area contributed by atoms with E-state index in [4.69, 9.17) is 4.74 Å². The molecular weight excluding hydrogens is 200 g/mol. The van der Waals surface area contributed by atoms with Gasteiger partial charge < -0.3 is 4.74 Å². The van der Waals surface area contributed by atoms with Crippen LogP contribution in [0, 0.1) is 0 Å². The van der Waals surface area contributed by atoms with Gasteiger partial charge >= 0.3 is 5.97 Å². The van der Waals surface area contributed by atoms with Crippen LogP contribution in [0.1, 0.15) is 36.5 Å². The molecule has 0 amide bonds. The number of allylic oxidation sites excluding steroid dienone is 1. The summed E-state index contributed by atoms with van der Waals surface area (Å²) in [5.41, 5.74) is 1.79. The topological polar surface area (TPSA) is 26.3 Å². The molecule has 0 spiro atoms. The Bertz CT molecular complexity index is 341. The molecule has 1 aromatic rings. The number of benzene rings is 1. The van der Waals surface area contributed by atoms with Gasteiger partial charge in [-0.1, -0.05) is 23.8 Å². The lowest BCUT2D eigenvalue weighted by Gasteiger charge is -2.04. The Balaban J connectivity index is 2.19. The maximum absolute atomic E-state index is 11.5. The van der Waals surface area contributed by atoms with E-state index in [1.54, 1.807) is 12.1 Å². The Morgan fingerprint density at radius 1 is 1.25 bits per heavy atom. The molecule has 0 fully saturated rings. The van der Waals surface area contributed by atoms with Crippen LogP contribution in [0.5, 0.6) is 0 Å². The predicted octanol–water partition coefficient (Wildman–Crippen LogP) is 3.59. The molecule has 0 aliphatic heterocycles. The van der Waals surface area contributed by atoms with Crippen molar-refractivity contribution in [2.24, 2.45) is 0 Å². The standard InChI is InChI=1S/C14H18O2/c1-12(2)8-6-7-11-16-14(15)13-9-4-3-5-10-13/h3-5,9-10H,1,6-8,11H2,2H3. The van der Waals surface area contributed by atoms with Crippen LogP contribution in [-0.2, 0) is 4.74 Å². The number of esters is 1. The van der Waals surface area contributed by atoms with E-state index in [9.17, 15) is 4.79 Å². The number of hydrogen-bond donors (Lipinski definition) is 0. The average molecular weight is 218 g/mol. The molecule has 1 rings (SSSR count). The summed E-state index contributed by atoms with van der Waals surface area (Å²) in [4.78, 5) is 11.5. The van der Waals surface area contributed by atoms with Crippen LogP contribution in [0.3, 0.4) is 0 Å². The van der Waals surface area contributed by atoms with E-state index in [0.29, 0.717) is 12.2 Å². The second-order valence-electron chi connectivity index (χ2n) is 3.92. The number of unbranched alkanes of at least 4 members (excludes halogenated alkanes) is 1. The fraction of sp³-hybridized carbons (Fsp3) is 0.357. The summed E-state index contributed by atoms with van der Waals surface area (Å²) in [7, 11) is 0. The first-order valence-corrected chi connectivity index (χ1v) is 5.56. The summed E-state index contributed by atoms with van der Waals surface area (Å²) in [6.07, 6.45) is 2.92. The molecule has 0 aliphatic carbocycles. The van der Waals surface area contributed by atoms with E-state index >= 15 is 0 Å². The third kappa shape index (κ3) is 4.78. The van der Waals surface area contributed by atoms with Crippen molar-refractivity contribution in [2.45, 2.75) is 26.2 Å². The molecule has 0 unspecified atom stereocenters. The molecule has 0 saturated carbocycles. The minimum atomic E-state index is -0.240. The first-order chi connectivity index (χ1) is 7.70. The first kappa shape index (κ1) is 12.5. The van der Waals surface area contributed by atoms with Crippen LogP contribution in [-0.4, -0.2) is 12.6 Å². The summed E-state index contributed by atoms with van der Waals surface area (Å²) in [5.74, 6) is -0.240. The highest BCUT2D eigenvalue weighted by Gasteiger charge is 2.04. The fourth-order valence-electron chi connectivity index (χ4n) is 1.35. The Hall–Kier alpha value is -1.57. The Morgan fingerprint density at radius 2 is 1.94 bits per heavy atom. The summed E-state index contributed by atoms with van der Waals surface area (Å²) in [6, 6.07) is 9.06. The smallest absolute Gasteiger partial charge is 0.338 e. The molecule has 0 saturated heterocycles. The summed E-state index contributed by atoms with van der Waals surface area (Å²) in [5, 5.41) is 0. The zero-order valence-corrected chi connectivity index (χ0v) is 9.74. The van der Waals surface area contributed by atoms with E-state index in [-0.39, 0.29) is 5.97 Å². The fourth-order valence-corrected chi connectivity index (χ4v) is 1.35. The van der Waals surface area contributed by atoms with Gasteiger partial charge in [0, 0.05) is 0 Å². The molecule has 16 heavy (non-hydrogen) atoms. The maximum Gasteiger partial charge on any atom is 0.338 e. The van der Waals surface area contributed by atoms with E-state index in [2.05, 4.69) is 6.58 Å². The molecule has 2 heteroatoms. The summed E-state index contributed by atoms with van der Waals surface area (Å²) in [6.45, 7) is 6.32. The van der Waals surface area contributed by atoms with Gasteiger partial charge in [0.15, 0.2) is 0 Å². The SMILES string of the molecule is C=C(C)CCCCOC(=O)c1ccccc1. The monoisotopic (exact) mass is 218 g/mol. The highest BCUT2D eigenvalue weighted by Crippen LogP contribution is 2.05. The van der Waals surface area contributed by atoms with E-state index < -0.39 is 0 Å². The molecule has 0 atom stereocenters. The lowest BCUT2D eigenvalue weighted by molar-refractivity contribution is 0.0498. The molecule has 0 bridgehead atoms. The van der Waals surface area contributed by atoms with Gasteiger partial charge in [0.05, 0.1) is 12.2 Å². The van der Waals surface area contributed by atoms with Crippen LogP contribution in [0.4, 0.5) is 0 Å². The van der Waals surface area contributed by atoms with Crippen molar-refractivity contribution in [1.29, 1.82) is 0 Å². The maximum atomic E-state index is 11.5. The number of rotatable bonds is 6. The van der Waals surface area contributed by atoms with E-state index in [1.807, 2.05) is 25.1 Å². The lowest BCUT2D eigenvalue weighted by atomic mass is 10.1. The van der Waals surface area contributed by atoms with Gasteiger partial charge in [-0.05, 0) is 38.3 Å². The van der Waals surface area contributed by atoms with Crippen molar-refractivity contribution in [3.63, 3.8) is 0 Å². The molecule has 86 valence electrons. The zero-order chi connectivity index (χ0) is 11.8. The molecule has 0 aromatic heterocycles. The Morgan fingerprint density at radius 3 is 2.56 bits per heavy atom. The molecule has 0 aliphatic rings. The first-order valence-electron chi connectivity index (χ1n) is 5.56. The second-order valence-corrected chi connectivity index (χ2v) is 3.92. The highest BCUT2D eigenvalue weighted by molar-refractivity contribution is 5.89. The van der Waals surface area contributed by atoms with Gasteiger partial charge in [-0.3, -0.25) is 0 Å². The second kappa shape index (κ2) is 6.83. The van der Waals surface area contributed by atoms with Gasteiger partial charge in [0.2, 0.25) is 0 Å². The molecule has 0 heterocycles. The minimum absolute atomic E-state index is 0.240. The van der Waals surface area contributed by atoms with E-state index in [0.717, 1.165) is 19.3 Å². The van der Waals surface area contributed by atoms with Gasteiger partial charge in [-0.15, -0.1) is 6.58 Å². The van der Waals surface area contributed by atoms with Crippen LogP contribution < -0.4 is 0 Å². The van der Waals surface area contributed by atoms with Gasteiger partial charge in [-0.2, -0.15) is 0 Å². The van der Waals surface area contributed by atoms with Crippen LogP contribution in [0.25, 0.3) is 0 Å². The quantitative estimate of drug-likeness (QED) is 0.414. The predicted molar refractivity (Wildman–Crippen MR) is 65.4 cm³/mol. The third-order valence-corrected chi connectivity index (χ3v) is 2.24. The number of ether oxygens (including phenoxy) is 1. The van der Waals surface area contributed by atoms with Crippen LogP contribution in [0.15, 0.2) is 42.5 Å². The number of carbonyl (C=O) groups excluding carboxylic acids is 1. The van der Waals surface area contributed by atoms with Crippen molar-refractivity contribution in [1.82, 2.24) is 0 Å². The normalized spacial score (nSPS) is 9.81. The molecule has 1 aromatic carbocycles. The van der Waals surface area contributed by atoms with Crippen molar-refractivity contribution < 1.29 is 9.53 Å². The largest absolute Gasteiger partial charge is 0.462 e. The van der Waals surface area contributed by atoms with E-state index in [1.165, 1.54) is 5.57 Å². The van der Waals surface area contributed by atoms with Crippen molar-refractivity contribution in [2.75, 3.05) is 6.61 Å².